The normalized spacial score (nSPS) is 11.6. The highest BCUT2D eigenvalue weighted by Gasteiger charge is 2.18. The number of para-hydroxylation sites is 2. The predicted molar refractivity (Wildman–Crippen MR) is 156 cm³/mol. The lowest BCUT2D eigenvalue weighted by molar-refractivity contribution is 0.667. The molecule has 39 heavy (non-hydrogen) atoms. The predicted octanol–water partition coefficient (Wildman–Crippen LogP) is 8.47. The number of hydrogen-bond acceptors (Lipinski definition) is 5. The van der Waals surface area contributed by atoms with Gasteiger partial charge in [0.1, 0.15) is 23.1 Å². The van der Waals surface area contributed by atoms with E-state index in [9.17, 15) is 0 Å². The second-order valence-corrected chi connectivity index (χ2v) is 9.51. The van der Waals surface area contributed by atoms with Crippen LogP contribution in [0.25, 0.3) is 77.6 Å². The number of fused-ring (bicyclic) bond motifs is 6. The van der Waals surface area contributed by atoms with Crippen molar-refractivity contribution in [1.29, 1.82) is 0 Å². The molecule has 8 rings (SSSR count). The molecule has 0 unspecified atom stereocenters. The van der Waals surface area contributed by atoms with Gasteiger partial charge < -0.3 is 4.42 Å². The highest BCUT2D eigenvalue weighted by Crippen LogP contribution is 2.38. The van der Waals surface area contributed by atoms with Gasteiger partial charge in [-0.2, -0.15) is 0 Å². The Hall–Kier alpha value is -5.42. The van der Waals surface area contributed by atoms with Crippen LogP contribution < -0.4 is 0 Å². The number of nitrogens with zero attached hydrogens (tertiary/aromatic N) is 4. The van der Waals surface area contributed by atoms with Gasteiger partial charge in [0.05, 0.1) is 27.8 Å². The first kappa shape index (κ1) is 21.6. The zero-order valence-electron chi connectivity index (χ0n) is 20.7. The van der Waals surface area contributed by atoms with Gasteiger partial charge in [-0.1, -0.05) is 97.1 Å². The second-order valence-electron chi connectivity index (χ2n) is 9.51. The van der Waals surface area contributed by atoms with Crippen LogP contribution in [0.1, 0.15) is 0 Å². The maximum absolute atomic E-state index is 6.34. The van der Waals surface area contributed by atoms with Crippen LogP contribution in [0.3, 0.4) is 0 Å². The minimum absolute atomic E-state index is 0.687. The zero-order chi connectivity index (χ0) is 25.8. The van der Waals surface area contributed by atoms with Crippen LogP contribution in [0, 0.1) is 0 Å². The summed E-state index contributed by atoms with van der Waals surface area (Å²) >= 11 is 0. The summed E-state index contributed by atoms with van der Waals surface area (Å²) in [6, 6.07) is 38.8. The van der Waals surface area contributed by atoms with Crippen molar-refractivity contribution in [2.45, 2.75) is 0 Å². The van der Waals surface area contributed by atoms with Gasteiger partial charge in [-0.3, -0.25) is 0 Å². The topological polar surface area (TPSA) is 64.7 Å². The molecule has 3 aromatic heterocycles. The van der Waals surface area contributed by atoms with E-state index >= 15 is 0 Å². The number of hydrogen-bond donors (Lipinski definition) is 0. The molecule has 0 bridgehead atoms. The first-order valence-electron chi connectivity index (χ1n) is 12.8. The molecule has 0 spiro atoms. The Morgan fingerprint density at radius 1 is 0.487 bits per heavy atom. The van der Waals surface area contributed by atoms with Crippen molar-refractivity contribution in [3.8, 4) is 33.8 Å². The van der Waals surface area contributed by atoms with Crippen LogP contribution in [-0.2, 0) is 0 Å². The molecule has 0 fully saturated rings. The maximum atomic E-state index is 6.34. The Labute approximate surface area is 223 Å². The van der Waals surface area contributed by atoms with E-state index in [0.29, 0.717) is 5.58 Å². The van der Waals surface area contributed by atoms with Crippen molar-refractivity contribution in [2.75, 3.05) is 0 Å². The third kappa shape index (κ3) is 3.48. The van der Waals surface area contributed by atoms with E-state index in [4.69, 9.17) is 14.4 Å². The summed E-state index contributed by atoms with van der Waals surface area (Å²) < 4.78 is 6.34. The molecule has 8 aromatic rings. The average Bonchev–Trinajstić information content (AvgIpc) is 3.40. The molecule has 0 aliphatic carbocycles. The van der Waals surface area contributed by atoms with Gasteiger partial charge in [0.2, 0.25) is 0 Å². The highest BCUT2D eigenvalue weighted by molar-refractivity contribution is 6.18. The molecule has 182 valence electrons. The Morgan fingerprint density at radius 3 is 1.85 bits per heavy atom. The van der Waals surface area contributed by atoms with E-state index in [1.807, 2.05) is 60.7 Å². The third-order valence-corrected chi connectivity index (χ3v) is 7.19. The van der Waals surface area contributed by atoms with Crippen molar-refractivity contribution in [2.24, 2.45) is 0 Å². The molecule has 0 aliphatic heterocycles. The first-order valence-corrected chi connectivity index (χ1v) is 12.8. The molecule has 0 N–H and O–H groups in total. The SMILES string of the molecule is c1ccc(-c2nc3ccccc3nc2-c2ccc(-c3ncnc4c3oc3ccc5ccccc5c34)cc2)cc1. The zero-order valence-corrected chi connectivity index (χ0v) is 20.7. The standard InChI is InChI=1S/C34H20N4O/c1-2-9-22(10-3-1)30-31(38-27-13-7-6-12-26(27)37-30)23-14-16-24(17-15-23)32-34-33(36-20-35-32)29-25-11-5-4-8-21(25)18-19-28(29)39-34/h1-20H. The fourth-order valence-electron chi connectivity index (χ4n) is 5.33. The van der Waals surface area contributed by atoms with Gasteiger partial charge in [-0.05, 0) is 29.0 Å². The minimum atomic E-state index is 0.687. The molecule has 5 heteroatoms. The molecule has 0 aliphatic rings. The quantitative estimate of drug-likeness (QED) is 0.243. The smallest absolute Gasteiger partial charge is 0.180 e. The summed E-state index contributed by atoms with van der Waals surface area (Å²) in [5.74, 6) is 0. The molecule has 0 radical (unpaired) electrons. The third-order valence-electron chi connectivity index (χ3n) is 7.19. The average molecular weight is 501 g/mol. The first-order chi connectivity index (χ1) is 19.3. The van der Waals surface area contributed by atoms with Crippen molar-refractivity contribution in [3.05, 3.63) is 122 Å². The van der Waals surface area contributed by atoms with Crippen molar-refractivity contribution < 1.29 is 4.42 Å². The summed E-state index contributed by atoms with van der Waals surface area (Å²) in [5.41, 5.74) is 9.48. The fourth-order valence-corrected chi connectivity index (χ4v) is 5.33. The minimum Gasteiger partial charge on any atom is -0.452 e. The molecule has 0 amide bonds. The lowest BCUT2D eigenvalue weighted by Crippen LogP contribution is -1.95. The van der Waals surface area contributed by atoms with E-state index in [1.54, 1.807) is 6.33 Å². The van der Waals surface area contributed by atoms with Crippen LogP contribution >= 0.6 is 0 Å². The number of aromatic nitrogens is 4. The van der Waals surface area contributed by atoms with Crippen molar-refractivity contribution >= 4 is 43.9 Å². The van der Waals surface area contributed by atoms with E-state index in [0.717, 1.165) is 72.1 Å². The highest BCUT2D eigenvalue weighted by atomic mass is 16.3. The summed E-state index contributed by atoms with van der Waals surface area (Å²) in [5, 5.41) is 3.29. The van der Waals surface area contributed by atoms with E-state index in [1.165, 1.54) is 0 Å². The Morgan fingerprint density at radius 2 is 1.10 bits per heavy atom. The van der Waals surface area contributed by atoms with Gasteiger partial charge in [-0.15, -0.1) is 0 Å². The summed E-state index contributed by atoms with van der Waals surface area (Å²) in [4.78, 5) is 19.3. The molecule has 5 aromatic carbocycles. The van der Waals surface area contributed by atoms with Gasteiger partial charge in [0, 0.05) is 16.7 Å². The van der Waals surface area contributed by atoms with Crippen molar-refractivity contribution in [3.63, 3.8) is 0 Å². The van der Waals surface area contributed by atoms with Crippen LogP contribution in [0.15, 0.2) is 126 Å². The Kier molecular flexibility index (Phi) is 4.76. The monoisotopic (exact) mass is 500 g/mol. The molecular formula is C34H20N4O. The van der Waals surface area contributed by atoms with E-state index in [2.05, 4.69) is 64.6 Å². The molecule has 0 saturated heterocycles. The lowest BCUT2D eigenvalue weighted by atomic mass is 10.0. The van der Waals surface area contributed by atoms with Gasteiger partial charge in [0.15, 0.2) is 5.58 Å². The summed E-state index contributed by atoms with van der Waals surface area (Å²) in [7, 11) is 0. The van der Waals surface area contributed by atoms with Crippen molar-refractivity contribution in [1.82, 2.24) is 19.9 Å². The van der Waals surface area contributed by atoms with E-state index < -0.39 is 0 Å². The Bertz CT molecular complexity index is 2170. The molecule has 5 nitrogen and oxygen atoms in total. The van der Waals surface area contributed by atoms with Gasteiger partial charge >= 0.3 is 0 Å². The van der Waals surface area contributed by atoms with Gasteiger partial charge in [-0.25, -0.2) is 19.9 Å². The number of rotatable bonds is 3. The molecule has 0 atom stereocenters. The largest absolute Gasteiger partial charge is 0.452 e. The summed E-state index contributed by atoms with van der Waals surface area (Å²) in [6.45, 7) is 0. The maximum Gasteiger partial charge on any atom is 0.180 e. The lowest BCUT2D eigenvalue weighted by Gasteiger charge is -2.11. The molecule has 0 saturated carbocycles. The molecule has 3 heterocycles. The fraction of sp³-hybridized carbons (Fsp3) is 0. The van der Waals surface area contributed by atoms with Crippen LogP contribution in [-0.4, -0.2) is 19.9 Å². The number of benzene rings is 5. The number of furan rings is 1. The summed E-state index contributed by atoms with van der Waals surface area (Å²) in [6.07, 6.45) is 1.62. The van der Waals surface area contributed by atoms with Crippen LogP contribution in [0.4, 0.5) is 0 Å². The van der Waals surface area contributed by atoms with Crippen LogP contribution in [0.5, 0.6) is 0 Å². The van der Waals surface area contributed by atoms with E-state index in [-0.39, 0.29) is 0 Å². The molecular weight excluding hydrogens is 480 g/mol. The van der Waals surface area contributed by atoms with Gasteiger partial charge in [0.25, 0.3) is 0 Å². The van der Waals surface area contributed by atoms with Crippen LogP contribution in [0.2, 0.25) is 0 Å². The Balaban J connectivity index is 1.29. The second kappa shape index (κ2) is 8.57.